The zero-order valence-electron chi connectivity index (χ0n) is 14.2. The van der Waals surface area contributed by atoms with Crippen LogP contribution in [0.4, 0.5) is 0 Å². The fourth-order valence-corrected chi connectivity index (χ4v) is 4.50. The van der Waals surface area contributed by atoms with Gasteiger partial charge in [-0.05, 0) is 32.0 Å². The lowest BCUT2D eigenvalue weighted by molar-refractivity contribution is 0.822. The standard InChI is InChI=1S/C19H14N6S/c1-10-13(8-20)17(14(9-21)11(2)23-10)16-7-15-19(26-16)18(25-24-15)12-3-5-22-6-4-12/h3-7,17,23H,1-2H3,(H,24,25). The zero-order chi connectivity index (χ0) is 18.3. The summed E-state index contributed by atoms with van der Waals surface area (Å²) in [4.78, 5) is 5.00. The number of rotatable bonds is 2. The summed E-state index contributed by atoms with van der Waals surface area (Å²) in [6.07, 6.45) is 3.47. The summed E-state index contributed by atoms with van der Waals surface area (Å²) in [5.41, 5.74) is 5.47. The number of aromatic amines is 1. The van der Waals surface area contributed by atoms with Gasteiger partial charge >= 0.3 is 0 Å². The second-order valence-corrected chi connectivity index (χ2v) is 7.14. The third kappa shape index (κ3) is 2.38. The molecule has 1 aliphatic rings. The minimum absolute atomic E-state index is 0.345. The quantitative estimate of drug-likeness (QED) is 0.722. The number of dihydropyridines is 1. The molecule has 4 heterocycles. The molecule has 0 aliphatic carbocycles. The summed E-state index contributed by atoms with van der Waals surface area (Å²) in [5, 5.41) is 29.9. The minimum Gasteiger partial charge on any atom is -0.361 e. The number of fused-ring (bicyclic) bond motifs is 1. The topological polar surface area (TPSA) is 101 Å². The van der Waals surface area contributed by atoms with Crippen LogP contribution >= 0.6 is 11.3 Å². The number of pyridine rings is 1. The average Bonchev–Trinajstić information content (AvgIpc) is 3.22. The van der Waals surface area contributed by atoms with E-state index in [0.29, 0.717) is 11.1 Å². The van der Waals surface area contributed by atoms with Crippen molar-refractivity contribution in [1.82, 2.24) is 20.5 Å². The van der Waals surface area contributed by atoms with E-state index in [2.05, 4.69) is 32.6 Å². The van der Waals surface area contributed by atoms with Crippen molar-refractivity contribution < 1.29 is 0 Å². The summed E-state index contributed by atoms with van der Waals surface area (Å²) in [6, 6.07) is 10.4. The molecule has 0 atom stereocenters. The summed E-state index contributed by atoms with van der Waals surface area (Å²) in [5.74, 6) is -0.345. The molecule has 0 fully saturated rings. The smallest absolute Gasteiger partial charge is 0.110 e. The second kappa shape index (κ2) is 6.14. The molecule has 0 aromatic carbocycles. The van der Waals surface area contributed by atoms with E-state index in [1.54, 1.807) is 23.7 Å². The van der Waals surface area contributed by atoms with Crippen molar-refractivity contribution in [1.29, 1.82) is 10.5 Å². The number of H-pyrrole nitrogens is 1. The van der Waals surface area contributed by atoms with E-state index in [1.807, 2.05) is 32.0 Å². The lowest BCUT2D eigenvalue weighted by Crippen LogP contribution is -2.22. The Bertz CT molecular complexity index is 1110. The van der Waals surface area contributed by atoms with Crippen LogP contribution in [0.15, 0.2) is 53.1 Å². The molecule has 6 nitrogen and oxygen atoms in total. The number of hydrogen-bond acceptors (Lipinski definition) is 6. The van der Waals surface area contributed by atoms with Gasteiger partial charge in [0.25, 0.3) is 0 Å². The van der Waals surface area contributed by atoms with Crippen LogP contribution in [0.5, 0.6) is 0 Å². The third-order valence-electron chi connectivity index (χ3n) is 4.49. The maximum Gasteiger partial charge on any atom is 0.110 e. The van der Waals surface area contributed by atoms with Gasteiger partial charge in [0, 0.05) is 34.2 Å². The first-order valence-corrected chi connectivity index (χ1v) is 8.82. The maximum absolute atomic E-state index is 9.65. The predicted molar refractivity (Wildman–Crippen MR) is 99.7 cm³/mol. The van der Waals surface area contributed by atoms with Crippen LogP contribution in [-0.2, 0) is 0 Å². The number of allylic oxidation sites excluding steroid dienone is 4. The van der Waals surface area contributed by atoms with Crippen LogP contribution < -0.4 is 5.32 Å². The van der Waals surface area contributed by atoms with Gasteiger partial charge in [0.15, 0.2) is 0 Å². The SMILES string of the molecule is CC1=C(C#N)C(c2cc3[nH]nc(-c4ccncc4)c3s2)C(C#N)=C(C)N1. The summed E-state index contributed by atoms with van der Waals surface area (Å²) < 4.78 is 1.01. The van der Waals surface area contributed by atoms with Crippen molar-refractivity contribution in [2.75, 3.05) is 0 Å². The van der Waals surface area contributed by atoms with E-state index in [-0.39, 0.29) is 5.92 Å². The summed E-state index contributed by atoms with van der Waals surface area (Å²) in [7, 11) is 0. The molecule has 0 unspecified atom stereocenters. The number of nitrogens with zero attached hydrogens (tertiary/aromatic N) is 4. The van der Waals surface area contributed by atoms with Gasteiger partial charge in [0.05, 0.1) is 39.4 Å². The Kier molecular flexibility index (Phi) is 3.80. The van der Waals surface area contributed by atoms with Crippen molar-refractivity contribution in [2.24, 2.45) is 0 Å². The fraction of sp³-hybridized carbons (Fsp3) is 0.158. The maximum atomic E-state index is 9.65. The molecule has 3 aromatic heterocycles. The molecule has 0 radical (unpaired) electrons. The van der Waals surface area contributed by atoms with Crippen molar-refractivity contribution in [3.05, 3.63) is 58.0 Å². The Balaban J connectivity index is 1.89. The van der Waals surface area contributed by atoms with Gasteiger partial charge in [-0.3, -0.25) is 10.1 Å². The summed E-state index contributed by atoms with van der Waals surface area (Å²) in [6.45, 7) is 3.74. The van der Waals surface area contributed by atoms with Crippen LogP contribution in [0, 0.1) is 22.7 Å². The van der Waals surface area contributed by atoms with Crippen molar-refractivity contribution in [3.8, 4) is 23.4 Å². The second-order valence-electron chi connectivity index (χ2n) is 6.06. The van der Waals surface area contributed by atoms with E-state index in [4.69, 9.17) is 0 Å². The fourth-order valence-electron chi connectivity index (χ4n) is 3.26. The lowest BCUT2D eigenvalue weighted by atomic mass is 9.86. The molecule has 3 aromatic rings. The van der Waals surface area contributed by atoms with E-state index in [9.17, 15) is 10.5 Å². The molecule has 26 heavy (non-hydrogen) atoms. The summed E-state index contributed by atoms with van der Waals surface area (Å²) >= 11 is 1.56. The van der Waals surface area contributed by atoms with Crippen molar-refractivity contribution in [3.63, 3.8) is 0 Å². The van der Waals surface area contributed by atoms with E-state index < -0.39 is 0 Å². The van der Waals surface area contributed by atoms with E-state index in [1.165, 1.54) is 0 Å². The normalized spacial score (nSPS) is 15.1. The van der Waals surface area contributed by atoms with Gasteiger partial charge in [-0.15, -0.1) is 11.3 Å². The van der Waals surface area contributed by atoms with Gasteiger partial charge in [-0.25, -0.2) is 0 Å². The number of nitriles is 2. The van der Waals surface area contributed by atoms with Crippen LogP contribution in [0.3, 0.4) is 0 Å². The first-order valence-electron chi connectivity index (χ1n) is 8.01. The van der Waals surface area contributed by atoms with Gasteiger partial charge in [0.2, 0.25) is 0 Å². The molecule has 0 bridgehead atoms. The number of thiophene rings is 1. The highest BCUT2D eigenvalue weighted by atomic mass is 32.1. The van der Waals surface area contributed by atoms with Crippen LogP contribution in [0.25, 0.3) is 21.5 Å². The van der Waals surface area contributed by atoms with Crippen LogP contribution in [-0.4, -0.2) is 15.2 Å². The Morgan fingerprint density at radius 2 is 1.73 bits per heavy atom. The molecule has 1 aliphatic heterocycles. The predicted octanol–water partition coefficient (Wildman–Crippen LogP) is 3.97. The Labute approximate surface area is 154 Å². The van der Waals surface area contributed by atoms with Crippen molar-refractivity contribution >= 4 is 21.6 Å². The Morgan fingerprint density at radius 3 is 2.35 bits per heavy atom. The monoisotopic (exact) mass is 358 g/mol. The average molecular weight is 358 g/mol. The highest BCUT2D eigenvalue weighted by molar-refractivity contribution is 7.19. The third-order valence-corrected chi connectivity index (χ3v) is 5.70. The molecule has 4 rings (SSSR count). The molecule has 7 heteroatoms. The molecule has 0 spiro atoms. The molecular formula is C19H14N6S. The van der Waals surface area contributed by atoms with E-state index in [0.717, 1.165) is 37.7 Å². The highest BCUT2D eigenvalue weighted by Crippen LogP contribution is 2.43. The van der Waals surface area contributed by atoms with Gasteiger partial charge in [-0.2, -0.15) is 15.6 Å². The Morgan fingerprint density at radius 1 is 1.08 bits per heavy atom. The van der Waals surface area contributed by atoms with E-state index >= 15 is 0 Å². The first-order chi connectivity index (χ1) is 12.6. The number of aromatic nitrogens is 3. The van der Waals surface area contributed by atoms with Gasteiger partial charge in [0.1, 0.15) is 5.69 Å². The number of hydrogen-bond donors (Lipinski definition) is 2. The first kappa shape index (κ1) is 16.1. The van der Waals surface area contributed by atoms with Crippen LogP contribution in [0.1, 0.15) is 24.6 Å². The molecule has 0 amide bonds. The van der Waals surface area contributed by atoms with Gasteiger partial charge in [-0.1, -0.05) is 0 Å². The Hall–Kier alpha value is -3.42. The van der Waals surface area contributed by atoms with Gasteiger partial charge < -0.3 is 5.32 Å². The molecular weight excluding hydrogens is 344 g/mol. The minimum atomic E-state index is -0.345. The molecule has 0 saturated carbocycles. The number of nitrogens with one attached hydrogen (secondary N) is 2. The zero-order valence-corrected chi connectivity index (χ0v) is 15.0. The highest BCUT2D eigenvalue weighted by Gasteiger charge is 2.31. The molecule has 2 N–H and O–H groups in total. The molecule has 0 saturated heterocycles. The van der Waals surface area contributed by atoms with Crippen molar-refractivity contribution in [2.45, 2.75) is 19.8 Å². The largest absolute Gasteiger partial charge is 0.361 e. The van der Waals surface area contributed by atoms with Crippen LogP contribution in [0.2, 0.25) is 0 Å². The lowest BCUT2D eigenvalue weighted by Gasteiger charge is -2.24. The molecule has 126 valence electrons.